The molecule has 0 heterocycles. The van der Waals surface area contributed by atoms with E-state index in [1.807, 2.05) is 0 Å². The summed E-state index contributed by atoms with van der Waals surface area (Å²) in [4.78, 5) is 24.2. The van der Waals surface area contributed by atoms with Crippen molar-refractivity contribution in [1.82, 2.24) is 10.2 Å². The summed E-state index contributed by atoms with van der Waals surface area (Å²) in [5.74, 6) is -0.907. The second-order valence-corrected chi connectivity index (χ2v) is 8.08. The summed E-state index contributed by atoms with van der Waals surface area (Å²) in [7, 11) is 0. The average Bonchev–Trinajstić information content (AvgIpc) is 2.70. The summed E-state index contributed by atoms with van der Waals surface area (Å²) in [6.07, 6.45) is 21.3. The Morgan fingerprint density at radius 3 is 1.97 bits per heavy atom. The molecule has 0 aromatic heterocycles. The van der Waals surface area contributed by atoms with Gasteiger partial charge < -0.3 is 15.5 Å². The normalized spacial score (nSPS) is 11.4. The number of amides is 1. The minimum atomic E-state index is -0.928. The number of rotatable bonds is 22. The number of unbranched alkanes of at least 4 members (excludes halogenated alkanes) is 11. The first-order valence-electron chi connectivity index (χ1n) is 12.1. The van der Waals surface area contributed by atoms with E-state index in [0.717, 1.165) is 19.3 Å². The summed E-state index contributed by atoms with van der Waals surface area (Å²) in [6.45, 7) is 3.20. The number of hydrogen-bond acceptors (Lipinski definition) is 4. The Bertz CT molecular complexity index is 441. The molecule has 0 bridgehead atoms. The number of carboxylic acids is 1. The summed E-state index contributed by atoms with van der Waals surface area (Å²) in [6, 6.07) is 0. The van der Waals surface area contributed by atoms with Crippen molar-refractivity contribution in [3.05, 3.63) is 12.2 Å². The van der Waals surface area contributed by atoms with Crippen molar-refractivity contribution in [2.24, 2.45) is 0 Å². The van der Waals surface area contributed by atoms with Crippen LogP contribution in [0.5, 0.6) is 0 Å². The zero-order chi connectivity index (χ0) is 22.3. The highest BCUT2D eigenvalue weighted by atomic mass is 16.4. The van der Waals surface area contributed by atoms with Crippen LogP contribution in [-0.4, -0.2) is 59.8 Å². The highest BCUT2D eigenvalue weighted by molar-refractivity contribution is 5.75. The number of carbonyl (C=O) groups excluding carboxylic acids is 1. The van der Waals surface area contributed by atoms with Gasteiger partial charge in [-0.3, -0.25) is 14.5 Å². The number of aliphatic hydroxyl groups is 1. The number of nitrogens with zero attached hydrogens (tertiary/aromatic N) is 1. The van der Waals surface area contributed by atoms with Gasteiger partial charge in [-0.05, 0) is 32.1 Å². The third-order valence-electron chi connectivity index (χ3n) is 5.19. The number of aliphatic hydroxyl groups excluding tert-OH is 1. The molecule has 0 spiro atoms. The minimum absolute atomic E-state index is 0.0203. The van der Waals surface area contributed by atoms with Crippen LogP contribution in [0.15, 0.2) is 12.2 Å². The van der Waals surface area contributed by atoms with Crippen molar-refractivity contribution < 1.29 is 19.8 Å². The Morgan fingerprint density at radius 2 is 1.40 bits per heavy atom. The predicted molar refractivity (Wildman–Crippen MR) is 124 cm³/mol. The number of carbonyl (C=O) groups is 2. The van der Waals surface area contributed by atoms with E-state index in [2.05, 4.69) is 24.4 Å². The smallest absolute Gasteiger partial charge is 0.317 e. The van der Waals surface area contributed by atoms with Gasteiger partial charge >= 0.3 is 5.97 Å². The van der Waals surface area contributed by atoms with Crippen molar-refractivity contribution in [2.75, 3.05) is 32.8 Å². The van der Waals surface area contributed by atoms with Gasteiger partial charge in [-0.1, -0.05) is 70.4 Å². The van der Waals surface area contributed by atoms with Crippen LogP contribution < -0.4 is 5.32 Å². The van der Waals surface area contributed by atoms with E-state index < -0.39 is 5.97 Å². The molecule has 3 N–H and O–H groups in total. The maximum absolute atomic E-state index is 11.8. The molecule has 1 amide bonds. The first kappa shape index (κ1) is 28.6. The SMILES string of the molecule is CCCCCCCCC=CCCCCCCCC(=O)NCCN(CCO)CC(=O)O. The first-order chi connectivity index (χ1) is 14.6. The van der Waals surface area contributed by atoms with Crippen LogP contribution in [0.4, 0.5) is 0 Å². The Kier molecular flexibility index (Phi) is 21.2. The van der Waals surface area contributed by atoms with E-state index >= 15 is 0 Å². The van der Waals surface area contributed by atoms with Gasteiger partial charge in [0.05, 0.1) is 13.2 Å². The number of aliphatic carboxylic acids is 1. The molecule has 0 aliphatic rings. The first-order valence-corrected chi connectivity index (χ1v) is 12.1. The Morgan fingerprint density at radius 1 is 0.833 bits per heavy atom. The van der Waals surface area contributed by atoms with E-state index in [1.54, 1.807) is 4.90 Å². The van der Waals surface area contributed by atoms with Crippen LogP contribution in [0.3, 0.4) is 0 Å². The summed E-state index contributed by atoms with van der Waals surface area (Å²) < 4.78 is 0. The fourth-order valence-corrected chi connectivity index (χ4v) is 3.40. The lowest BCUT2D eigenvalue weighted by Gasteiger charge is -2.19. The molecule has 6 nitrogen and oxygen atoms in total. The molecule has 0 radical (unpaired) electrons. The van der Waals surface area contributed by atoms with Crippen LogP contribution in [-0.2, 0) is 9.59 Å². The predicted octanol–water partition coefficient (Wildman–Crippen LogP) is 4.52. The molecule has 0 rings (SSSR count). The molecule has 0 aromatic rings. The van der Waals surface area contributed by atoms with Gasteiger partial charge in [-0.15, -0.1) is 0 Å². The van der Waals surface area contributed by atoms with Gasteiger partial charge in [0, 0.05) is 26.1 Å². The zero-order valence-corrected chi connectivity index (χ0v) is 19.2. The second kappa shape index (κ2) is 22.3. The van der Waals surface area contributed by atoms with Crippen molar-refractivity contribution in [3.8, 4) is 0 Å². The van der Waals surface area contributed by atoms with Crippen molar-refractivity contribution in [3.63, 3.8) is 0 Å². The van der Waals surface area contributed by atoms with Crippen molar-refractivity contribution in [1.29, 1.82) is 0 Å². The van der Waals surface area contributed by atoms with Gasteiger partial charge in [0.2, 0.25) is 5.91 Å². The Balaban J connectivity index is 3.44. The number of allylic oxidation sites excluding steroid dienone is 2. The second-order valence-electron chi connectivity index (χ2n) is 8.08. The number of hydrogen-bond donors (Lipinski definition) is 3. The van der Waals surface area contributed by atoms with E-state index in [-0.39, 0.29) is 19.1 Å². The monoisotopic (exact) mass is 426 g/mol. The highest BCUT2D eigenvalue weighted by Crippen LogP contribution is 2.09. The van der Waals surface area contributed by atoms with Crippen LogP contribution in [0.1, 0.15) is 96.8 Å². The van der Waals surface area contributed by atoms with Crippen LogP contribution in [0, 0.1) is 0 Å². The molecular formula is C24H46N2O4. The molecule has 0 atom stereocenters. The zero-order valence-electron chi connectivity index (χ0n) is 19.2. The fraction of sp³-hybridized carbons (Fsp3) is 0.833. The third kappa shape index (κ3) is 21.3. The Hall–Kier alpha value is -1.40. The largest absolute Gasteiger partial charge is 0.480 e. The molecule has 0 fully saturated rings. The molecular weight excluding hydrogens is 380 g/mol. The summed E-state index contributed by atoms with van der Waals surface area (Å²) in [5, 5.41) is 20.6. The standard InChI is InChI=1S/C24H46N2O4/c1-2-3-4-5-6-7-8-9-10-11-12-13-14-15-16-17-23(28)25-18-19-26(20-21-27)22-24(29)30/h9-10,27H,2-8,11-22H2,1H3,(H,25,28)(H,29,30). The molecule has 0 aliphatic carbocycles. The van der Waals surface area contributed by atoms with Gasteiger partial charge in [0.1, 0.15) is 0 Å². The molecule has 176 valence electrons. The average molecular weight is 427 g/mol. The van der Waals surface area contributed by atoms with Crippen LogP contribution >= 0.6 is 0 Å². The summed E-state index contributed by atoms with van der Waals surface area (Å²) >= 11 is 0. The minimum Gasteiger partial charge on any atom is -0.480 e. The molecule has 0 saturated carbocycles. The number of carboxylic acid groups (broad SMARTS) is 1. The fourth-order valence-electron chi connectivity index (χ4n) is 3.40. The van der Waals surface area contributed by atoms with Crippen molar-refractivity contribution in [2.45, 2.75) is 96.8 Å². The lowest BCUT2D eigenvalue weighted by Crippen LogP contribution is -2.39. The van der Waals surface area contributed by atoms with Crippen LogP contribution in [0.25, 0.3) is 0 Å². The molecule has 0 aliphatic heterocycles. The van der Waals surface area contributed by atoms with E-state index in [1.165, 1.54) is 64.2 Å². The maximum Gasteiger partial charge on any atom is 0.317 e. The molecule has 30 heavy (non-hydrogen) atoms. The quantitative estimate of drug-likeness (QED) is 0.175. The molecule has 0 saturated heterocycles. The van der Waals surface area contributed by atoms with Crippen molar-refractivity contribution >= 4 is 11.9 Å². The molecule has 0 unspecified atom stereocenters. The molecule has 6 heteroatoms. The van der Waals surface area contributed by atoms with E-state index in [4.69, 9.17) is 10.2 Å². The Labute approximate surface area is 184 Å². The van der Waals surface area contributed by atoms with Gasteiger partial charge in [-0.25, -0.2) is 0 Å². The third-order valence-corrected chi connectivity index (χ3v) is 5.19. The number of nitrogens with one attached hydrogen (secondary N) is 1. The topological polar surface area (TPSA) is 89.9 Å². The van der Waals surface area contributed by atoms with Crippen LogP contribution in [0.2, 0.25) is 0 Å². The maximum atomic E-state index is 11.8. The van der Waals surface area contributed by atoms with Gasteiger partial charge in [-0.2, -0.15) is 0 Å². The lowest BCUT2D eigenvalue weighted by atomic mass is 10.1. The molecule has 0 aromatic carbocycles. The van der Waals surface area contributed by atoms with Gasteiger partial charge in [0.25, 0.3) is 0 Å². The van der Waals surface area contributed by atoms with E-state index in [9.17, 15) is 9.59 Å². The lowest BCUT2D eigenvalue weighted by molar-refractivity contribution is -0.138. The summed E-state index contributed by atoms with van der Waals surface area (Å²) in [5.41, 5.74) is 0. The highest BCUT2D eigenvalue weighted by Gasteiger charge is 2.09. The van der Waals surface area contributed by atoms with Gasteiger partial charge in [0.15, 0.2) is 0 Å². The van der Waals surface area contributed by atoms with E-state index in [0.29, 0.717) is 26.1 Å².